The van der Waals surface area contributed by atoms with Gasteiger partial charge in [-0.2, -0.15) is 0 Å². The number of hydrogen-bond acceptors (Lipinski definition) is 3. The molecule has 2 aromatic carbocycles. The van der Waals surface area contributed by atoms with Gasteiger partial charge in [-0.15, -0.1) is 0 Å². The van der Waals surface area contributed by atoms with Crippen LogP contribution in [0.2, 0.25) is 0 Å². The van der Waals surface area contributed by atoms with Crippen molar-refractivity contribution >= 4 is 15.5 Å². The van der Waals surface area contributed by atoms with Gasteiger partial charge in [-0.25, -0.2) is 8.42 Å². The molecule has 3 nitrogen and oxygen atoms in total. The van der Waals surface area contributed by atoms with Crippen molar-refractivity contribution in [2.45, 2.75) is 18.4 Å². The minimum Gasteiger partial charge on any atom is -0.381 e. The van der Waals surface area contributed by atoms with E-state index in [9.17, 15) is 8.42 Å². The van der Waals surface area contributed by atoms with Crippen LogP contribution in [-0.4, -0.2) is 14.7 Å². The first kappa shape index (κ1) is 13.6. The second-order valence-electron chi connectivity index (χ2n) is 4.58. The normalized spacial score (nSPS) is 11.3. The van der Waals surface area contributed by atoms with E-state index >= 15 is 0 Å². The fraction of sp³-hybridized carbons (Fsp3) is 0.200. The Balaban J connectivity index is 2.15. The Hall–Kier alpha value is -1.81. The first-order valence-corrected chi connectivity index (χ1v) is 7.94. The van der Waals surface area contributed by atoms with Gasteiger partial charge in [0.05, 0.1) is 4.90 Å². The van der Waals surface area contributed by atoms with Crippen LogP contribution in [0.25, 0.3) is 0 Å². The Bertz CT molecular complexity index is 678. The predicted molar refractivity (Wildman–Crippen MR) is 78.1 cm³/mol. The number of benzene rings is 2. The molecule has 0 saturated carbocycles. The van der Waals surface area contributed by atoms with E-state index in [1.54, 1.807) is 18.2 Å². The SMILES string of the molecule is Cc1ccccc1CNc1cccc(S(C)(=O)=O)c1. The third kappa shape index (κ3) is 3.58. The lowest BCUT2D eigenvalue weighted by atomic mass is 10.1. The molecule has 0 aliphatic rings. The van der Waals surface area contributed by atoms with E-state index in [-0.39, 0.29) is 0 Å². The molecular weight excluding hydrogens is 258 g/mol. The zero-order valence-corrected chi connectivity index (χ0v) is 11.9. The van der Waals surface area contributed by atoms with E-state index in [0.29, 0.717) is 11.4 Å². The van der Waals surface area contributed by atoms with Gasteiger partial charge in [0, 0.05) is 18.5 Å². The third-order valence-electron chi connectivity index (χ3n) is 3.01. The maximum Gasteiger partial charge on any atom is 0.175 e. The van der Waals surface area contributed by atoms with Crippen LogP contribution >= 0.6 is 0 Å². The fourth-order valence-corrected chi connectivity index (χ4v) is 2.51. The van der Waals surface area contributed by atoms with E-state index in [2.05, 4.69) is 24.4 Å². The first-order chi connectivity index (χ1) is 8.97. The van der Waals surface area contributed by atoms with Gasteiger partial charge in [-0.1, -0.05) is 30.3 Å². The van der Waals surface area contributed by atoms with Crippen molar-refractivity contribution in [1.82, 2.24) is 0 Å². The summed E-state index contributed by atoms with van der Waals surface area (Å²) in [6.45, 7) is 2.74. The van der Waals surface area contributed by atoms with Gasteiger partial charge < -0.3 is 5.32 Å². The van der Waals surface area contributed by atoms with Crippen LogP contribution in [0.4, 0.5) is 5.69 Å². The Labute approximate surface area is 114 Å². The Morgan fingerprint density at radius 2 is 1.79 bits per heavy atom. The molecule has 100 valence electrons. The summed E-state index contributed by atoms with van der Waals surface area (Å²) in [6, 6.07) is 15.0. The third-order valence-corrected chi connectivity index (χ3v) is 4.12. The van der Waals surface area contributed by atoms with Gasteiger partial charge in [-0.05, 0) is 36.2 Å². The van der Waals surface area contributed by atoms with Crippen LogP contribution in [-0.2, 0) is 16.4 Å². The molecule has 4 heteroatoms. The average Bonchev–Trinajstić information content (AvgIpc) is 2.37. The molecule has 2 aromatic rings. The fourth-order valence-electron chi connectivity index (χ4n) is 1.84. The Morgan fingerprint density at radius 1 is 1.05 bits per heavy atom. The highest BCUT2D eigenvalue weighted by Gasteiger charge is 2.07. The largest absolute Gasteiger partial charge is 0.381 e. The summed E-state index contributed by atoms with van der Waals surface area (Å²) in [5.74, 6) is 0. The smallest absolute Gasteiger partial charge is 0.175 e. The van der Waals surface area contributed by atoms with Crippen molar-refractivity contribution < 1.29 is 8.42 Å². The van der Waals surface area contributed by atoms with Gasteiger partial charge >= 0.3 is 0 Å². The molecular formula is C15H17NO2S. The topological polar surface area (TPSA) is 46.2 Å². The monoisotopic (exact) mass is 275 g/mol. The van der Waals surface area contributed by atoms with Crippen LogP contribution in [0.15, 0.2) is 53.4 Å². The minimum atomic E-state index is -3.16. The van der Waals surface area contributed by atoms with Gasteiger partial charge in [0.2, 0.25) is 0 Å². The lowest BCUT2D eigenvalue weighted by molar-refractivity contribution is 0.602. The van der Waals surface area contributed by atoms with Crippen LogP contribution in [0.1, 0.15) is 11.1 Å². The molecule has 0 fully saturated rings. The molecule has 0 aliphatic heterocycles. The summed E-state index contributed by atoms with van der Waals surface area (Å²) in [5.41, 5.74) is 3.23. The highest BCUT2D eigenvalue weighted by Crippen LogP contribution is 2.17. The summed E-state index contributed by atoms with van der Waals surface area (Å²) < 4.78 is 23.0. The molecule has 1 N–H and O–H groups in total. The minimum absolute atomic E-state index is 0.335. The maximum absolute atomic E-state index is 11.5. The molecule has 0 atom stereocenters. The number of sulfone groups is 1. The van der Waals surface area contributed by atoms with E-state index in [4.69, 9.17) is 0 Å². The molecule has 0 radical (unpaired) electrons. The molecule has 0 heterocycles. The average molecular weight is 275 g/mol. The molecule has 2 rings (SSSR count). The number of rotatable bonds is 4. The van der Waals surface area contributed by atoms with Crippen molar-refractivity contribution in [3.05, 3.63) is 59.7 Å². The van der Waals surface area contributed by atoms with E-state index in [0.717, 1.165) is 5.69 Å². The zero-order chi connectivity index (χ0) is 13.9. The van der Waals surface area contributed by atoms with E-state index < -0.39 is 9.84 Å². The highest BCUT2D eigenvalue weighted by molar-refractivity contribution is 7.90. The number of hydrogen-bond donors (Lipinski definition) is 1. The van der Waals surface area contributed by atoms with Crippen molar-refractivity contribution in [3.63, 3.8) is 0 Å². The standard InChI is InChI=1S/C15H17NO2S/c1-12-6-3-4-7-13(12)11-16-14-8-5-9-15(10-14)19(2,17)18/h3-10,16H,11H2,1-2H3. The van der Waals surface area contributed by atoms with Gasteiger partial charge in [-0.3, -0.25) is 0 Å². The molecule has 0 aliphatic carbocycles. The number of nitrogens with one attached hydrogen (secondary N) is 1. The summed E-state index contributed by atoms with van der Waals surface area (Å²) in [7, 11) is -3.16. The lowest BCUT2D eigenvalue weighted by Gasteiger charge is -2.09. The van der Waals surface area contributed by atoms with Crippen LogP contribution in [0.5, 0.6) is 0 Å². The summed E-state index contributed by atoms with van der Waals surface area (Å²) in [6.07, 6.45) is 1.22. The Kier molecular flexibility index (Phi) is 3.90. The molecule has 0 amide bonds. The zero-order valence-electron chi connectivity index (χ0n) is 11.1. The van der Waals surface area contributed by atoms with Gasteiger partial charge in [0.1, 0.15) is 0 Å². The quantitative estimate of drug-likeness (QED) is 0.933. The lowest BCUT2D eigenvalue weighted by Crippen LogP contribution is -2.03. The van der Waals surface area contributed by atoms with Crippen molar-refractivity contribution in [2.75, 3.05) is 11.6 Å². The van der Waals surface area contributed by atoms with Gasteiger partial charge in [0.25, 0.3) is 0 Å². The number of aryl methyl sites for hydroxylation is 1. The van der Waals surface area contributed by atoms with Crippen LogP contribution < -0.4 is 5.32 Å². The number of anilines is 1. The molecule has 0 spiro atoms. The second kappa shape index (κ2) is 5.45. The van der Waals surface area contributed by atoms with Crippen molar-refractivity contribution in [1.29, 1.82) is 0 Å². The van der Waals surface area contributed by atoms with Crippen LogP contribution in [0.3, 0.4) is 0 Å². The van der Waals surface area contributed by atoms with Crippen molar-refractivity contribution in [2.24, 2.45) is 0 Å². The molecule has 0 aromatic heterocycles. The first-order valence-electron chi connectivity index (χ1n) is 6.05. The van der Waals surface area contributed by atoms with Gasteiger partial charge in [0.15, 0.2) is 9.84 Å². The molecule has 0 saturated heterocycles. The van der Waals surface area contributed by atoms with E-state index in [1.807, 2.05) is 18.2 Å². The summed E-state index contributed by atoms with van der Waals surface area (Å²) >= 11 is 0. The maximum atomic E-state index is 11.5. The predicted octanol–water partition coefficient (Wildman–Crippen LogP) is 3.01. The summed E-state index contributed by atoms with van der Waals surface area (Å²) in [4.78, 5) is 0.335. The van der Waals surface area contributed by atoms with E-state index in [1.165, 1.54) is 17.4 Å². The highest BCUT2D eigenvalue weighted by atomic mass is 32.2. The summed E-state index contributed by atoms with van der Waals surface area (Å²) in [5, 5.41) is 3.25. The molecule has 0 bridgehead atoms. The Morgan fingerprint density at radius 3 is 2.47 bits per heavy atom. The van der Waals surface area contributed by atoms with Crippen LogP contribution in [0, 0.1) is 6.92 Å². The molecule has 0 unspecified atom stereocenters. The molecule has 19 heavy (non-hydrogen) atoms. The second-order valence-corrected chi connectivity index (χ2v) is 6.60. The van der Waals surface area contributed by atoms with Crippen molar-refractivity contribution in [3.8, 4) is 0 Å².